The Morgan fingerprint density at radius 3 is 1.85 bits per heavy atom. The zero-order chi connectivity index (χ0) is 13.9. The lowest BCUT2D eigenvalue weighted by molar-refractivity contribution is 0.0600. The number of nitrogens with one attached hydrogen (secondary N) is 2. The normalized spacial score (nSPS) is 25.8. The number of benzene rings is 1. The van der Waals surface area contributed by atoms with E-state index in [2.05, 4.69) is 10.6 Å². The third-order valence-corrected chi connectivity index (χ3v) is 3.34. The molecule has 0 amide bonds. The Morgan fingerprint density at radius 2 is 1.45 bits per heavy atom. The molecule has 1 aromatic carbocycles. The topological polar surface area (TPSA) is 76.7 Å². The third kappa shape index (κ3) is 2.64. The largest absolute Gasteiger partial charge is 0.354 e. The van der Waals surface area contributed by atoms with E-state index in [0.29, 0.717) is 37.4 Å². The van der Waals surface area contributed by atoms with Crippen molar-refractivity contribution >= 4 is 11.6 Å². The SMILES string of the molecule is O=C(c1cccc(C(=O)C2NCCO2)c1)C1NCCO1. The van der Waals surface area contributed by atoms with Crippen molar-refractivity contribution in [2.75, 3.05) is 26.3 Å². The molecule has 0 saturated carbocycles. The van der Waals surface area contributed by atoms with Crippen molar-refractivity contribution in [3.8, 4) is 0 Å². The minimum Gasteiger partial charge on any atom is -0.354 e. The van der Waals surface area contributed by atoms with Crippen LogP contribution in [0.5, 0.6) is 0 Å². The molecule has 2 atom stereocenters. The van der Waals surface area contributed by atoms with E-state index in [0.717, 1.165) is 0 Å². The highest BCUT2D eigenvalue weighted by molar-refractivity contribution is 6.04. The van der Waals surface area contributed by atoms with Crippen molar-refractivity contribution in [2.24, 2.45) is 0 Å². The number of ketones is 2. The van der Waals surface area contributed by atoms with Crippen LogP contribution in [0.25, 0.3) is 0 Å². The molecule has 20 heavy (non-hydrogen) atoms. The van der Waals surface area contributed by atoms with Gasteiger partial charge in [0.2, 0.25) is 11.6 Å². The number of carbonyl (C=O) groups excluding carboxylic acids is 2. The Bertz CT molecular complexity index is 476. The van der Waals surface area contributed by atoms with Gasteiger partial charge in [-0.3, -0.25) is 20.2 Å². The van der Waals surface area contributed by atoms with Crippen LogP contribution < -0.4 is 10.6 Å². The van der Waals surface area contributed by atoms with Crippen molar-refractivity contribution in [3.63, 3.8) is 0 Å². The first-order valence-electron chi connectivity index (χ1n) is 6.64. The highest BCUT2D eigenvalue weighted by atomic mass is 16.5. The fourth-order valence-electron chi connectivity index (χ4n) is 2.32. The van der Waals surface area contributed by atoms with Crippen LogP contribution >= 0.6 is 0 Å². The van der Waals surface area contributed by atoms with Gasteiger partial charge in [0.05, 0.1) is 13.2 Å². The van der Waals surface area contributed by atoms with Gasteiger partial charge in [0, 0.05) is 24.2 Å². The van der Waals surface area contributed by atoms with Gasteiger partial charge >= 0.3 is 0 Å². The first kappa shape index (κ1) is 13.4. The molecule has 6 nitrogen and oxygen atoms in total. The Kier molecular flexibility index (Phi) is 3.88. The van der Waals surface area contributed by atoms with E-state index in [1.165, 1.54) is 0 Å². The van der Waals surface area contributed by atoms with Crippen LogP contribution in [-0.2, 0) is 9.47 Å². The van der Waals surface area contributed by atoms with Crippen LogP contribution in [0.1, 0.15) is 20.7 Å². The quantitative estimate of drug-likeness (QED) is 0.751. The van der Waals surface area contributed by atoms with Crippen molar-refractivity contribution in [1.82, 2.24) is 10.6 Å². The van der Waals surface area contributed by atoms with E-state index in [1.807, 2.05) is 0 Å². The zero-order valence-electron chi connectivity index (χ0n) is 10.9. The Hall–Kier alpha value is -1.60. The third-order valence-electron chi connectivity index (χ3n) is 3.34. The zero-order valence-corrected chi connectivity index (χ0v) is 10.9. The summed E-state index contributed by atoms with van der Waals surface area (Å²) in [7, 11) is 0. The van der Waals surface area contributed by atoms with Gasteiger partial charge in [-0.1, -0.05) is 18.2 Å². The van der Waals surface area contributed by atoms with Gasteiger partial charge in [-0.2, -0.15) is 0 Å². The van der Waals surface area contributed by atoms with Crippen LogP contribution in [0.2, 0.25) is 0 Å². The summed E-state index contributed by atoms with van der Waals surface area (Å²) in [5.74, 6) is -0.310. The summed E-state index contributed by atoms with van der Waals surface area (Å²) in [6, 6.07) is 6.67. The number of carbonyl (C=O) groups is 2. The highest BCUT2D eigenvalue weighted by Gasteiger charge is 2.27. The second-order valence-electron chi connectivity index (χ2n) is 4.72. The molecule has 2 heterocycles. The maximum absolute atomic E-state index is 12.2. The van der Waals surface area contributed by atoms with Crippen LogP contribution in [0, 0.1) is 0 Å². The maximum atomic E-state index is 12.2. The molecule has 2 fully saturated rings. The van der Waals surface area contributed by atoms with E-state index < -0.39 is 12.5 Å². The first-order chi connectivity index (χ1) is 9.75. The van der Waals surface area contributed by atoms with E-state index in [4.69, 9.17) is 9.47 Å². The summed E-state index contributed by atoms with van der Waals surface area (Å²) in [6.07, 6.45) is -1.22. The average molecular weight is 276 g/mol. The molecule has 3 rings (SSSR count). The Morgan fingerprint density at radius 1 is 0.950 bits per heavy atom. The van der Waals surface area contributed by atoms with Gasteiger partial charge in [0.25, 0.3) is 0 Å². The number of hydrogen-bond acceptors (Lipinski definition) is 6. The lowest BCUT2D eigenvalue weighted by Crippen LogP contribution is -2.33. The molecule has 2 saturated heterocycles. The van der Waals surface area contributed by atoms with E-state index in [1.54, 1.807) is 24.3 Å². The molecular formula is C14H16N2O4. The predicted octanol–water partition coefficient (Wildman–Crippen LogP) is -0.0562. The molecule has 2 unspecified atom stereocenters. The smallest absolute Gasteiger partial charge is 0.206 e. The highest BCUT2D eigenvalue weighted by Crippen LogP contribution is 2.13. The molecule has 0 radical (unpaired) electrons. The van der Waals surface area contributed by atoms with Gasteiger partial charge < -0.3 is 9.47 Å². The van der Waals surface area contributed by atoms with Crippen LogP contribution in [0.3, 0.4) is 0 Å². The number of hydrogen-bond donors (Lipinski definition) is 2. The number of ether oxygens (including phenoxy) is 2. The first-order valence-corrected chi connectivity index (χ1v) is 6.64. The molecule has 6 heteroatoms. The second kappa shape index (κ2) is 5.80. The lowest BCUT2D eigenvalue weighted by Gasteiger charge is -2.11. The molecule has 106 valence electrons. The van der Waals surface area contributed by atoms with Crippen molar-refractivity contribution in [2.45, 2.75) is 12.5 Å². The van der Waals surface area contributed by atoms with Crippen molar-refractivity contribution in [3.05, 3.63) is 35.4 Å². The molecule has 0 bridgehead atoms. The minimum absolute atomic E-state index is 0.155. The molecule has 2 aliphatic heterocycles. The molecule has 0 spiro atoms. The van der Waals surface area contributed by atoms with E-state index >= 15 is 0 Å². The standard InChI is InChI=1S/C14H16N2O4/c17-11(13-15-4-6-19-13)9-2-1-3-10(8-9)12(18)14-16-5-7-20-14/h1-3,8,13-16H,4-7H2. The van der Waals surface area contributed by atoms with Crippen molar-refractivity contribution < 1.29 is 19.1 Å². The summed E-state index contributed by atoms with van der Waals surface area (Å²) in [5, 5.41) is 5.93. The monoisotopic (exact) mass is 276 g/mol. The summed E-state index contributed by atoms with van der Waals surface area (Å²) in [5.41, 5.74) is 0.932. The summed E-state index contributed by atoms with van der Waals surface area (Å²) in [6.45, 7) is 2.37. The molecule has 2 N–H and O–H groups in total. The van der Waals surface area contributed by atoms with Crippen LogP contribution in [-0.4, -0.2) is 50.3 Å². The number of Topliss-reactive ketones (excluding diaryl/α,β-unsaturated/α-hetero) is 2. The van der Waals surface area contributed by atoms with E-state index in [9.17, 15) is 9.59 Å². The van der Waals surface area contributed by atoms with E-state index in [-0.39, 0.29) is 11.6 Å². The Balaban J connectivity index is 1.78. The van der Waals surface area contributed by atoms with Gasteiger partial charge in [-0.05, 0) is 6.07 Å². The van der Waals surface area contributed by atoms with Crippen LogP contribution in [0.4, 0.5) is 0 Å². The van der Waals surface area contributed by atoms with Gasteiger partial charge in [0.15, 0.2) is 12.5 Å². The molecule has 1 aromatic rings. The number of rotatable bonds is 4. The van der Waals surface area contributed by atoms with Crippen LogP contribution in [0.15, 0.2) is 24.3 Å². The van der Waals surface area contributed by atoms with Gasteiger partial charge in [0.1, 0.15) is 0 Å². The summed E-state index contributed by atoms with van der Waals surface area (Å²) < 4.78 is 10.6. The fourth-order valence-corrected chi connectivity index (χ4v) is 2.32. The van der Waals surface area contributed by atoms with Crippen molar-refractivity contribution in [1.29, 1.82) is 0 Å². The maximum Gasteiger partial charge on any atom is 0.206 e. The minimum atomic E-state index is -0.610. The summed E-state index contributed by atoms with van der Waals surface area (Å²) >= 11 is 0. The molecule has 0 aliphatic carbocycles. The average Bonchev–Trinajstić information content (AvgIpc) is 3.18. The predicted molar refractivity (Wildman–Crippen MR) is 70.6 cm³/mol. The van der Waals surface area contributed by atoms with Gasteiger partial charge in [-0.25, -0.2) is 0 Å². The fraction of sp³-hybridized carbons (Fsp3) is 0.429. The van der Waals surface area contributed by atoms with Gasteiger partial charge in [-0.15, -0.1) is 0 Å². The summed E-state index contributed by atoms with van der Waals surface area (Å²) in [4.78, 5) is 24.4. The Labute approximate surface area is 116 Å². The second-order valence-corrected chi connectivity index (χ2v) is 4.72. The molecular weight excluding hydrogens is 260 g/mol. The lowest BCUT2D eigenvalue weighted by atomic mass is 10.0. The molecule has 2 aliphatic rings. The molecule has 0 aromatic heterocycles.